The van der Waals surface area contributed by atoms with Gasteiger partial charge >= 0.3 is 0 Å². The van der Waals surface area contributed by atoms with Gasteiger partial charge in [-0.15, -0.1) is 6.58 Å². The Morgan fingerprint density at radius 3 is 2.74 bits per heavy atom. The van der Waals surface area contributed by atoms with Gasteiger partial charge in [-0.2, -0.15) is 0 Å². The molecule has 2 rings (SSSR count). The van der Waals surface area contributed by atoms with Gasteiger partial charge in [-0.05, 0) is 24.3 Å². The van der Waals surface area contributed by atoms with Gasteiger partial charge in [0.15, 0.2) is 0 Å². The summed E-state index contributed by atoms with van der Waals surface area (Å²) in [5.74, 6) is 1.08. The van der Waals surface area contributed by atoms with Crippen molar-refractivity contribution in [2.45, 2.75) is 6.42 Å². The van der Waals surface area contributed by atoms with Crippen molar-refractivity contribution in [3.05, 3.63) is 36.9 Å². The van der Waals surface area contributed by atoms with Crippen LogP contribution < -0.4 is 14.8 Å². The Labute approximate surface area is 136 Å². The molecule has 2 amide bonds. The fourth-order valence-electron chi connectivity index (χ4n) is 2.44. The molecule has 1 atom stereocenters. The van der Waals surface area contributed by atoms with Gasteiger partial charge in [0, 0.05) is 19.5 Å². The number of carbonyl (C=O) groups excluding carboxylic acids is 2. The molecule has 1 unspecified atom stereocenters. The van der Waals surface area contributed by atoms with Crippen LogP contribution >= 0.6 is 0 Å². The van der Waals surface area contributed by atoms with Crippen LogP contribution in [0.15, 0.2) is 36.9 Å². The summed E-state index contributed by atoms with van der Waals surface area (Å²) in [4.78, 5) is 25.4. The van der Waals surface area contributed by atoms with Gasteiger partial charge in [0.05, 0.1) is 19.6 Å². The summed E-state index contributed by atoms with van der Waals surface area (Å²) in [5.41, 5.74) is 0. The number of hydrogen-bond donors (Lipinski definition) is 1. The highest BCUT2D eigenvalue weighted by Crippen LogP contribution is 2.18. The van der Waals surface area contributed by atoms with Crippen LogP contribution in [-0.2, 0) is 9.59 Å². The molecule has 1 N–H and O–H groups in total. The van der Waals surface area contributed by atoms with Crippen LogP contribution in [0.25, 0.3) is 0 Å². The molecule has 0 bridgehead atoms. The Kier molecular flexibility index (Phi) is 6.02. The smallest absolute Gasteiger partial charge is 0.225 e. The summed E-state index contributed by atoms with van der Waals surface area (Å²) >= 11 is 0. The Balaban J connectivity index is 1.68. The number of hydrogen-bond acceptors (Lipinski definition) is 4. The summed E-state index contributed by atoms with van der Waals surface area (Å²) in [7, 11) is 1.61. The van der Waals surface area contributed by atoms with E-state index in [2.05, 4.69) is 11.9 Å². The van der Waals surface area contributed by atoms with Gasteiger partial charge in [-0.25, -0.2) is 0 Å². The largest absolute Gasteiger partial charge is 0.497 e. The first-order valence-electron chi connectivity index (χ1n) is 7.57. The topological polar surface area (TPSA) is 67.9 Å². The molecule has 1 aliphatic heterocycles. The Bertz CT molecular complexity index is 556. The van der Waals surface area contributed by atoms with Crippen molar-refractivity contribution in [2.24, 2.45) is 5.92 Å². The predicted octanol–water partition coefficient (Wildman–Crippen LogP) is 1.22. The number of methoxy groups -OCH3 is 1. The minimum atomic E-state index is -0.288. The van der Waals surface area contributed by atoms with Crippen LogP contribution in [0.3, 0.4) is 0 Å². The SMILES string of the molecule is C=CCN1CC(C(=O)NCCOc2ccc(OC)cc2)CC1=O. The van der Waals surface area contributed by atoms with Crippen LogP contribution in [0.5, 0.6) is 11.5 Å². The number of rotatable bonds is 8. The molecule has 1 aliphatic rings. The zero-order valence-corrected chi connectivity index (χ0v) is 13.3. The minimum Gasteiger partial charge on any atom is -0.497 e. The van der Waals surface area contributed by atoms with Crippen LogP contribution in [0.2, 0.25) is 0 Å². The highest BCUT2D eigenvalue weighted by atomic mass is 16.5. The van der Waals surface area contributed by atoms with E-state index in [0.29, 0.717) is 32.0 Å². The molecule has 124 valence electrons. The third kappa shape index (κ3) is 4.74. The third-order valence-corrected chi connectivity index (χ3v) is 3.66. The van der Waals surface area contributed by atoms with E-state index in [1.54, 1.807) is 18.1 Å². The zero-order chi connectivity index (χ0) is 16.7. The number of nitrogens with zero attached hydrogens (tertiary/aromatic N) is 1. The standard InChI is InChI=1S/C17H22N2O4/c1-3-9-19-12-13(11-16(19)20)17(21)18-8-10-23-15-6-4-14(22-2)5-7-15/h3-7,13H,1,8-12H2,2H3,(H,18,21). The number of amides is 2. The molecular weight excluding hydrogens is 296 g/mol. The molecule has 0 spiro atoms. The maximum Gasteiger partial charge on any atom is 0.225 e. The van der Waals surface area contributed by atoms with Crippen LogP contribution in [0, 0.1) is 5.92 Å². The van der Waals surface area contributed by atoms with Gasteiger partial charge in [0.1, 0.15) is 18.1 Å². The van der Waals surface area contributed by atoms with E-state index in [1.165, 1.54) is 0 Å². The number of ether oxygens (including phenoxy) is 2. The van der Waals surface area contributed by atoms with Crippen LogP contribution in [0.1, 0.15) is 6.42 Å². The highest BCUT2D eigenvalue weighted by Gasteiger charge is 2.33. The molecule has 1 aromatic carbocycles. The van der Waals surface area contributed by atoms with E-state index in [0.717, 1.165) is 5.75 Å². The number of likely N-dealkylation sites (tertiary alicyclic amines) is 1. The number of nitrogens with one attached hydrogen (secondary N) is 1. The van der Waals surface area contributed by atoms with E-state index >= 15 is 0 Å². The summed E-state index contributed by atoms with van der Waals surface area (Å²) < 4.78 is 10.6. The van der Waals surface area contributed by atoms with Gasteiger partial charge in [-0.1, -0.05) is 6.08 Å². The molecule has 0 aliphatic carbocycles. The Hall–Kier alpha value is -2.50. The zero-order valence-electron chi connectivity index (χ0n) is 13.3. The molecule has 6 nitrogen and oxygen atoms in total. The lowest BCUT2D eigenvalue weighted by Crippen LogP contribution is -2.35. The van der Waals surface area contributed by atoms with Gasteiger partial charge in [0.2, 0.25) is 11.8 Å². The fraction of sp³-hybridized carbons (Fsp3) is 0.412. The van der Waals surface area contributed by atoms with Crippen LogP contribution in [-0.4, -0.2) is 50.1 Å². The van der Waals surface area contributed by atoms with Crippen molar-refractivity contribution in [3.8, 4) is 11.5 Å². The van der Waals surface area contributed by atoms with Crippen molar-refractivity contribution in [1.29, 1.82) is 0 Å². The lowest BCUT2D eigenvalue weighted by Gasteiger charge is -2.14. The monoisotopic (exact) mass is 318 g/mol. The van der Waals surface area contributed by atoms with Crippen molar-refractivity contribution >= 4 is 11.8 Å². The first kappa shape index (κ1) is 16.9. The summed E-state index contributed by atoms with van der Waals surface area (Å²) in [5, 5.41) is 2.81. The van der Waals surface area contributed by atoms with E-state index in [-0.39, 0.29) is 24.2 Å². The molecule has 6 heteroatoms. The lowest BCUT2D eigenvalue weighted by molar-refractivity contribution is -0.128. The fourth-order valence-corrected chi connectivity index (χ4v) is 2.44. The molecule has 23 heavy (non-hydrogen) atoms. The quantitative estimate of drug-likeness (QED) is 0.578. The molecule has 1 saturated heterocycles. The average molecular weight is 318 g/mol. The Morgan fingerprint density at radius 2 is 2.09 bits per heavy atom. The minimum absolute atomic E-state index is 0.000433. The van der Waals surface area contributed by atoms with Crippen molar-refractivity contribution in [3.63, 3.8) is 0 Å². The molecule has 1 fully saturated rings. The van der Waals surface area contributed by atoms with E-state index in [4.69, 9.17) is 9.47 Å². The second-order valence-corrected chi connectivity index (χ2v) is 5.30. The molecular formula is C17H22N2O4. The number of carbonyl (C=O) groups is 2. The molecule has 0 radical (unpaired) electrons. The predicted molar refractivity (Wildman–Crippen MR) is 86.4 cm³/mol. The van der Waals surface area contributed by atoms with Crippen molar-refractivity contribution in [2.75, 3.05) is 33.4 Å². The average Bonchev–Trinajstić information content (AvgIpc) is 2.93. The van der Waals surface area contributed by atoms with E-state index < -0.39 is 0 Å². The second kappa shape index (κ2) is 8.22. The first-order valence-corrected chi connectivity index (χ1v) is 7.57. The molecule has 0 aromatic heterocycles. The maximum atomic E-state index is 12.0. The molecule has 0 saturated carbocycles. The highest BCUT2D eigenvalue weighted by molar-refractivity contribution is 5.89. The second-order valence-electron chi connectivity index (χ2n) is 5.30. The van der Waals surface area contributed by atoms with Crippen LogP contribution in [0.4, 0.5) is 0 Å². The Morgan fingerprint density at radius 1 is 1.39 bits per heavy atom. The maximum absolute atomic E-state index is 12.0. The van der Waals surface area contributed by atoms with E-state index in [9.17, 15) is 9.59 Å². The third-order valence-electron chi connectivity index (χ3n) is 3.66. The summed E-state index contributed by atoms with van der Waals surface area (Å²) in [6, 6.07) is 7.24. The van der Waals surface area contributed by atoms with E-state index in [1.807, 2.05) is 24.3 Å². The lowest BCUT2D eigenvalue weighted by atomic mass is 10.1. The van der Waals surface area contributed by atoms with Gasteiger partial charge in [0.25, 0.3) is 0 Å². The molecule has 1 heterocycles. The summed E-state index contributed by atoms with van der Waals surface area (Å²) in [6.07, 6.45) is 1.93. The first-order chi connectivity index (χ1) is 11.1. The van der Waals surface area contributed by atoms with Crippen molar-refractivity contribution < 1.29 is 19.1 Å². The summed E-state index contributed by atoms with van der Waals surface area (Å²) in [6.45, 7) is 5.32. The number of benzene rings is 1. The van der Waals surface area contributed by atoms with Gasteiger partial charge < -0.3 is 19.7 Å². The normalized spacial score (nSPS) is 17.0. The molecule has 1 aromatic rings. The van der Waals surface area contributed by atoms with Crippen molar-refractivity contribution in [1.82, 2.24) is 10.2 Å². The van der Waals surface area contributed by atoms with Gasteiger partial charge in [-0.3, -0.25) is 9.59 Å².